The zero-order valence-electron chi connectivity index (χ0n) is 18.5. The molecule has 1 unspecified atom stereocenters. The van der Waals surface area contributed by atoms with Gasteiger partial charge in [-0.3, -0.25) is 9.59 Å². The number of aromatic nitrogens is 1. The summed E-state index contributed by atoms with van der Waals surface area (Å²) in [5.41, 5.74) is 0.558. The van der Waals surface area contributed by atoms with Crippen molar-refractivity contribution in [3.63, 3.8) is 0 Å². The fourth-order valence-electron chi connectivity index (χ4n) is 3.91. The van der Waals surface area contributed by atoms with Crippen molar-refractivity contribution in [3.8, 4) is 0 Å². The zero-order chi connectivity index (χ0) is 24.3. The van der Waals surface area contributed by atoms with Crippen molar-refractivity contribution in [2.75, 3.05) is 19.7 Å². The number of ether oxygens (including phenoxy) is 1. The van der Waals surface area contributed by atoms with Gasteiger partial charge in [-0.1, -0.05) is 29.5 Å². The molecule has 0 aliphatic carbocycles. The molecule has 0 N–H and O–H groups in total. The molecule has 3 aromatic rings. The molecule has 0 spiro atoms. The van der Waals surface area contributed by atoms with Crippen molar-refractivity contribution < 1.29 is 27.1 Å². The number of benzene rings is 2. The molecule has 0 bridgehead atoms. The van der Waals surface area contributed by atoms with Gasteiger partial charge in [-0.15, -0.1) is 0 Å². The van der Waals surface area contributed by atoms with Gasteiger partial charge >= 0.3 is 5.97 Å². The first kappa shape index (κ1) is 24.2. The molecule has 1 fully saturated rings. The predicted molar refractivity (Wildman–Crippen MR) is 125 cm³/mol. The molecule has 2 aromatic carbocycles. The molecule has 2 heterocycles. The fourth-order valence-corrected chi connectivity index (χ4v) is 6.51. The minimum Gasteiger partial charge on any atom is -0.465 e. The maximum atomic E-state index is 13.8. The quantitative estimate of drug-likeness (QED) is 0.480. The molecule has 1 atom stereocenters. The number of sulfonamides is 1. The number of amides is 1. The van der Waals surface area contributed by atoms with Crippen molar-refractivity contribution in [1.82, 2.24) is 8.87 Å². The third kappa shape index (κ3) is 5.11. The standard InChI is InChI=1S/C23H24FN3O5S2/c1-2-32-21(28)15-27-19-11-10-17(24)13-20(19)33-23(27)25-22(29)16-7-6-12-26(14-16)34(30,31)18-8-4-3-5-9-18/h3-5,8-11,13,16H,2,6-7,12,14-15H2,1H3. The summed E-state index contributed by atoms with van der Waals surface area (Å²) in [6, 6.07) is 12.2. The maximum Gasteiger partial charge on any atom is 0.326 e. The molecule has 0 radical (unpaired) electrons. The third-order valence-electron chi connectivity index (χ3n) is 5.56. The van der Waals surface area contributed by atoms with Gasteiger partial charge in [-0.2, -0.15) is 9.30 Å². The van der Waals surface area contributed by atoms with E-state index in [2.05, 4.69) is 4.99 Å². The van der Waals surface area contributed by atoms with E-state index in [0.717, 1.165) is 11.3 Å². The highest BCUT2D eigenvalue weighted by Crippen LogP contribution is 2.25. The Morgan fingerprint density at radius 1 is 1.21 bits per heavy atom. The summed E-state index contributed by atoms with van der Waals surface area (Å²) < 4.78 is 48.1. The average molecular weight is 506 g/mol. The van der Waals surface area contributed by atoms with E-state index < -0.39 is 33.6 Å². The summed E-state index contributed by atoms with van der Waals surface area (Å²) in [5, 5.41) is 0. The lowest BCUT2D eigenvalue weighted by atomic mass is 9.99. The van der Waals surface area contributed by atoms with E-state index in [1.165, 1.54) is 39.2 Å². The lowest BCUT2D eigenvalue weighted by molar-refractivity contribution is -0.143. The number of hydrogen-bond donors (Lipinski definition) is 0. The number of thiazole rings is 1. The van der Waals surface area contributed by atoms with Crippen LogP contribution in [0, 0.1) is 11.7 Å². The second-order valence-electron chi connectivity index (χ2n) is 7.85. The van der Waals surface area contributed by atoms with Crippen molar-refractivity contribution >= 4 is 43.5 Å². The zero-order valence-corrected chi connectivity index (χ0v) is 20.1. The van der Waals surface area contributed by atoms with Gasteiger partial charge in [0.1, 0.15) is 12.4 Å². The summed E-state index contributed by atoms with van der Waals surface area (Å²) >= 11 is 1.09. The number of piperidine rings is 1. The van der Waals surface area contributed by atoms with Crippen LogP contribution in [0.4, 0.5) is 4.39 Å². The molecule has 4 rings (SSSR count). The van der Waals surface area contributed by atoms with Crippen molar-refractivity contribution in [2.45, 2.75) is 31.2 Å². The van der Waals surface area contributed by atoms with E-state index in [1.54, 1.807) is 25.1 Å². The molecule has 1 saturated heterocycles. The van der Waals surface area contributed by atoms with Gasteiger partial charge in [-0.25, -0.2) is 12.8 Å². The van der Waals surface area contributed by atoms with Gasteiger partial charge in [0, 0.05) is 13.1 Å². The van der Waals surface area contributed by atoms with E-state index in [-0.39, 0.29) is 29.4 Å². The Balaban J connectivity index is 1.64. The lowest BCUT2D eigenvalue weighted by Gasteiger charge is -2.30. The summed E-state index contributed by atoms with van der Waals surface area (Å²) in [5.74, 6) is -2.04. The molecule has 0 saturated carbocycles. The van der Waals surface area contributed by atoms with E-state index in [9.17, 15) is 22.4 Å². The van der Waals surface area contributed by atoms with E-state index >= 15 is 0 Å². The minimum atomic E-state index is -3.72. The van der Waals surface area contributed by atoms with Crippen molar-refractivity contribution in [2.24, 2.45) is 10.9 Å². The van der Waals surface area contributed by atoms with Gasteiger partial charge in [0.2, 0.25) is 10.0 Å². The normalized spacial score (nSPS) is 17.7. The van der Waals surface area contributed by atoms with E-state index in [0.29, 0.717) is 29.6 Å². The summed E-state index contributed by atoms with van der Waals surface area (Å²) in [6.07, 6.45) is 1.03. The van der Waals surface area contributed by atoms with Crippen LogP contribution in [0.1, 0.15) is 19.8 Å². The van der Waals surface area contributed by atoms with Crippen LogP contribution >= 0.6 is 11.3 Å². The second-order valence-corrected chi connectivity index (χ2v) is 10.8. The first-order valence-corrected chi connectivity index (χ1v) is 13.1. The van der Waals surface area contributed by atoms with E-state index in [4.69, 9.17) is 4.74 Å². The number of carbonyl (C=O) groups excluding carboxylic acids is 2. The van der Waals surface area contributed by atoms with Gasteiger partial charge < -0.3 is 9.30 Å². The minimum absolute atomic E-state index is 0.0248. The smallest absolute Gasteiger partial charge is 0.326 e. The van der Waals surface area contributed by atoms with Crippen LogP contribution in [0.2, 0.25) is 0 Å². The molecular weight excluding hydrogens is 481 g/mol. The fraction of sp³-hybridized carbons (Fsp3) is 0.348. The Hall–Kier alpha value is -2.89. The highest BCUT2D eigenvalue weighted by Gasteiger charge is 2.33. The summed E-state index contributed by atoms with van der Waals surface area (Å²) in [4.78, 5) is 29.9. The number of halogens is 1. The van der Waals surface area contributed by atoms with Gasteiger partial charge in [0.05, 0.1) is 27.6 Å². The first-order valence-electron chi connectivity index (χ1n) is 10.9. The molecule has 1 aliphatic rings. The molecule has 34 heavy (non-hydrogen) atoms. The Kier molecular flexibility index (Phi) is 7.24. The summed E-state index contributed by atoms with van der Waals surface area (Å²) in [7, 11) is -3.72. The third-order valence-corrected chi connectivity index (χ3v) is 8.48. The number of esters is 1. The molecule has 1 aromatic heterocycles. The molecule has 1 amide bonds. The predicted octanol–water partition coefficient (Wildman–Crippen LogP) is 2.93. The SMILES string of the molecule is CCOC(=O)Cn1c(=NC(=O)C2CCCN(S(=O)(=O)c3ccccc3)C2)sc2cc(F)ccc21. The van der Waals surface area contributed by atoms with Crippen molar-refractivity contribution in [1.29, 1.82) is 0 Å². The van der Waals surface area contributed by atoms with Crippen LogP contribution < -0.4 is 4.80 Å². The largest absolute Gasteiger partial charge is 0.465 e. The van der Waals surface area contributed by atoms with E-state index in [1.807, 2.05) is 0 Å². The van der Waals surface area contributed by atoms with Crippen LogP contribution in [-0.4, -0.2) is 48.9 Å². The molecule has 180 valence electrons. The number of carbonyl (C=O) groups is 2. The number of nitrogens with zero attached hydrogens (tertiary/aromatic N) is 3. The van der Waals surface area contributed by atoms with Gasteiger partial charge in [0.25, 0.3) is 5.91 Å². The second kappa shape index (κ2) is 10.2. The maximum absolute atomic E-state index is 13.8. The summed E-state index contributed by atoms with van der Waals surface area (Å²) in [6.45, 7) is 2.07. The molecular formula is C23H24FN3O5S2. The highest BCUT2D eigenvalue weighted by atomic mass is 32.2. The Morgan fingerprint density at radius 2 is 1.97 bits per heavy atom. The number of hydrogen-bond acceptors (Lipinski definition) is 6. The van der Waals surface area contributed by atoms with Crippen LogP contribution in [0.25, 0.3) is 10.2 Å². The number of rotatable bonds is 6. The van der Waals surface area contributed by atoms with Crippen molar-refractivity contribution in [3.05, 3.63) is 59.1 Å². The van der Waals surface area contributed by atoms with Crippen LogP contribution in [0.5, 0.6) is 0 Å². The average Bonchev–Trinajstić information content (AvgIpc) is 3.15. The number of fused-ring (bicyclic) bond motifs is 1. The van der Waals surface area contributed by atoms with Crippen LogP contribution in [0.15, 0.2) is 58.4 Å². The monoisotopic (exact) mass is 505 g/mol. The van der Waals surface area contributed by atoms with Gasteiger partial charge in [0.15, 0.2) is 4.80 Å². The Morgan fingerprint density at radius 3 is 2.71 bits per heavy atom. The van der Waals surface area contributed by atoms with Gasteiger partial charge in [-0.05, 0) is 50.1 Å². The molecule has 8 nitrogen and oxygen atoms in total. The lowest BCUT2D eigenvalue weighted by Crippen LogP contribution is -2.42. The highest BCUT2D eigenvalue weighted by molar-refractivity contribution is 7.89. The first-order chi connectivity index (χ1) is 16.3. The Labute approximate surface area is 200 Å². The van der Waals surface area contributed by atoms with Crippen LogP contribution in [0.3, 0.4) is 0 Å². The topological polar surface area (TPSA) is 98.0 Å². The van der Waals surface area contributed by atoms with Crippen LogP contribution in [-0.2, 0) is 30.9 Å². The molecule has 1 aliphatic heterocycles. The Bertz CT molecular complexity index is 1380. The molecule has 11 heteroatoms.